The van der Waals surface area contributed by atoms with Crippen molar-refractivity contribution in [3.8, 4) is 0 Å². The summed E-state index contributed by atoms with van der Waals surface area (Å²) in [7, 11) is 0. The lowest BCUT2D eigenvalue weighted by Crippen LogP contribution is -2.46. The summed E-state index contributed by atoms with van der Waals surface area (Å²) < 4.78 is 0. The largest absolute Gasteiger partial charge is 0.324 e. The first-order valence-corrected chi connectivity index (χ1v) is 7.27. The van der Waals surface area contributed by atoms with Crippen molar-refractivity contribution in [3.63, 3.8) is 0 Å². The zero-order chi connectivity index (χ0) is 13.1. The van der Waals surface area contributed by atoms with Gasteiger partial charge in [0.1, 0.15) is 0 Å². The normalized spacial score (nSPS) is 18.3. The van der Waals surface area contributed by atoms with Gasteiger partial charge >= 0.3 is 6.03 Å². The van der Waals surface area contributed by atoms with E-state index >= 15 is 0 Å². The number of alkyl halides is 1. The maximum Gasteiger partial charge on any atom is 0.324 e. The molecule has 2 heterocycles. The predicted octanol–water partition coefficient (Wildman–Crippen LogP) is 2.53. The Kier molecular flexibility index (Phi) is 4.24. The van der Waals surface area contributed by atoms with Gasteiger partial charge in [0, 0.05) is 23.7 Å². The molecule has 0 bridgehead atoms. The Morgan fingerprint density at radius 2 is 2.39 bits per heavy atom. The fraction of sp³-hybridized carbons (Fsp3) is 0.500. The molecule has 18 heavy (non-hydrogen) atoms. The number of hydrogen-bond donors (Lipinski definition) is 1. The number of imide groups is 1. The highest BCUT2D eigenvalue weighted by Gasteiger charge is 2.28. The molecule has 1 aliphatic heterocycles. The van der Waals surface area contributed by atoms with Crippen LogP contribution in [0.25, 0.3) is 0 Å². The standard InChI is InChI=1S/C12H15ClN2O2S/c1-8-9-4-7-18-10(9)3-6-15(8)12(17)14-11(16)2-5-13/h4,7-8H,2-3,5-6H2,1H3,(H,14,16,17). The van der Waals surface area contributed by atoms with E-state index in [1.165, 1.54) is 10.4 Å². The molecule has 1 aromatic rings. The molecular weight excluding hydrogens is 272 g/mol. The van der Waals surface area contributed by atoms with Gasteiger partial charge in [0.2, 0.25) is 5.91 Å². The van der Waals surface area contributed by atoms with Gasteiger partial charge in [0.25, 0.3) is 0 Å². The predicted molar refractivity (Wildman–Crippen MR) is 72.0 cm³/mol. The number of urea groups is 1. The second-order valence-corrected chi connectivity index (χ2v) is 5.59. The monoisotopic (exact) mass is 286 g/mol. The van der Waals surface area contributed by atoms with E-state index in [0.29, 0.717) is 6.54 Å². The minimum absolute atomic E-state index is 0.0174. The first-order valence-electron chi connectivity index (χ1n) is 5.86. The van der Waals surface area contributed by atoms with E-state index in [1.807, 2.05) is 18.4 Å². The van der Waals surface area contributed by atoms with Gasteiger partial charge in [-0.25, -0.2) is 4.79 Å². The minimum atomic E-state index is -0.325. The third-order valence-electron chi connectivity index (χ3n) is 3.11. The van der Waals surface area contributed by atoms with E-state index in [1.54, 1.807) is 16.2 Å². The van der Waals surface area contributed by atoms with Crippen LogP contribution in [0, 0.1) is 0 Å². The molecule has 0 fully saturated rings. The highest BCUT2D eigenvalue weighted by atomic mass is 35.5. The van der Waals surface area contributed by atoms with Crippen LogP contribution in [0.5, 0.6) is 0 Å². The van der Waals surface area contributed by atoms with Crippen LogP contribution in [0.4, 0.5) is 4.79 Å². The molecule has 0 aromatic carbocycles. The molecule has 0 saturated heterocycles. The lowest BCUT2D eigenvalue weighted by molar-refractivity contribution is -0.119. The fourth-order valence-electron chi connectivity index (χ4n) is 2.13. The fourth-order valence-corrected chi connectivity index (χ4v) is 3.26. The van der Waals surface area contributed by atoms with E-state index in [2.05, 4.69) is 5.32 Å². The molecular formula is C12H15ClN2O2S. The van der Waals surface area contributed by atoms with Gasteiger partial charge in [-0.15, -0.1) is 22.9 Å². The van der Waals surface area contributed by atoms with Crippen molar-refractivity contribution < 1.29 is 9.59 Å². The van der Waals surface area contributed by atoms with Crippen LogP contribution in [-0.4, -0.2) is 29.3 Å². The quantitative estimate of drug-likeness (QED) is 0.850. The van der Waals surface area contributed by atoms with Crippen molar-refractivity contribution >= 4 is 34.9 Å². The van der Waals surface area contributed by atoms with Crippen LogP contribution in [0.2, 0.25) is 0 Å². The summed E-state index contributed by atoms with van der Waals surface area (Å²) >= 11 is 7.18. The number of nitrogens with zero attached hydrogens (tertiary/aromatic N) is 1. The van der Waals surface area contributed by atoms with Crippen LogP contribution >= 0.6 is 22.9 Å². The average molecular weight is 287 g/mol. The van der Waals surface area contributed by atoms with Gasteiger partial charge in [0.05, 0.1) is 6.04 Å². The first kappa shape index (κ1) is 13.4. The van der Waals surface area contributed by atoms with Crippen molar-refractivity contribution in [3.05, 3.63) is 21.9 Å². The average Bonchev–Trinajstić information content (AvgIpc) is 2.78. The summed E-state index contributed by atoms with van der Waals surface area (Å²) in [4.78, 5) is 26.4. The van der Waals surface area contributed by atoms with E-state index in [0.717, 1.165) is 6.42 Å². The lowest BCUT2D eigenvalue weighted by atomic mass is 10.0. The minimum Gasteiger partial charge on any atom is -0.317 e. The van der Waals surface area contributed by atoms with Crippen molar-refractivity contribution in [1.82, 2.24) is 10.2 Å². The van der Waals surface area contributed by atoms with Crippen LogP contribution in [0.3, 0.4) is 0 Å². The van der Waals surface area contributed by atoms with E-state index in [-0.39, 0.29) is 30.3 Å². The van der Waals surface area contributed by atoms with Gasteiger partial charge < -0.3 is 4.90 Å². The highest BCUT2D eigenvalue weighted by Crippen LogP contribution is 2.32. The Balaban J connectivity index is 2.02. The molecule has 2 rings (SSSR count). The zero-order valence-corrected chi connectivity index (χ0v) is 11.7. The number of halogens is 1. The Labute approximate surface area is 115 Å². The first-order chi connectivity index (χ1) is 8.63. The molecule has 0 spiro atoms. The van der Waals surface area contributed by atoms with Crippen molar-refractivity contribution in [2.24, 2.45) is 0 Å². The Hall–Kier alpha value is -1.07. The molecule has 4 nitrogen and oxygen atoms in total. The number of fused-ring (bicyclic) bond motifs is 1. The Morgan fingerprint density at radius 3 is 3.11 bits per heavy atom. The summed E-state index contributed by atoms with van der Waals surface area (Å²) in [5, 5.41) is 4.41. The molecule has 1 N–H and O–H groups in total. The number of nitrogens with one attached hydrogen (secondary N) is 1. The Morgan fingerprint density at radius 1 is 1.61 bits per heavy atom. The molecule has 1 aliphatic rings. The summed E-state index contributed by atoms with van der Waals surface area (Å²) in [6, 6.07) is 1.74. The molecule has 1 atom stereocenters. The number of hydrogen-bond acceptors (Lipinski definition) is 3. The van der Waals surface area contributed by atoms with Crippen molar-refractivity contribution in [2.45, 2.75) is 25.8 Å². The van der Waals surface area contributed by atoms with Gasteiger partial charge in [-0.3, -0.25) is 10.1 Å². The second-order valence-electron chi connectivity index (χ2n) is 4.21. The number of thiophene rings is 1. The molecule has 1 aromatic heterocycles. The Bertz CT molecular complexity index is 461. The zero-order valence-electron chi connectivity index (χ0n) is 10.1. The van der Waals surface area contributed by atoms with Gasteiger partial charge in [0.15, 0.2) is 0 Å². The third-order valence-corrected chi connectivity index (χ3v) is 4.29. The summed E-state index contributed by atoms with van der Waals surface area (Å²) in [5.41, 5.74) is 1.19. The second kappa shape index (κ2) is 5.71. The molecule has 6 heteroatoms. The third kappa shape index (κ3) is 2.67. The van der Waals surface area contributed by atoms with E-state index in [4.69, 9.17) is 11.6 Å². The van der Waals surface area contributed by atoms with Crippen LogP contribution < -0.4 is 5.32 Å². The number of rotatable bonds is 2. The molecule has 1 unspecified atom stereocenters. The summed E-state index contributed by atoms with van der Waals surface area (Å²) in [5.74, 6) is -0.0955. The molecule has 0 radical (unpaired) electrons. The van der Waals surface area contributed by atoms with Gasteiger partial charge in [-0.2, -0.15) is 0 Å². The van der Waals surface area contributed by atoms with E-state index < -0.39 is 0 Å². The van der Waals surface area contributed by atoms with Crippen LogP contribution in [0.15, 0.2) is 11.4 Å². The van der Waals surface area contributed by atoms with Gasteiger partial charge in [-0.05, 0) is 30.4 Å². The topological polar surface area (TPSA) is 49.4 Å². The summed E-state index contributed by atoms with van der Waals surface area (Å²) in [6.07, 6.45) is 1.02. The molecule has 0 aliphatic carbocycles. The molecule has 3 amide bonds. The smallest absolute Gasteiger partial charge is 0.317 e. The van der Waals surface area contributed by atoms with Crippen molar-refractivity contribution in [2.75, 3.05) is 12.4 Å². The van der Waals surface area contributed by atoms with Crippen molar-refractivity contribution in [1.29, 1.82) is 0 Å². The maximum atomic E-state index is 12.0. The number of carbonyl (C=O) groups is 2. The molecule has 98 valence electrons. The van der Waals surface area contributed by atoms with Crippen LogP contribution in [0.1, 0.15) is 29.8 Å². The maximum absolute atomic E-state index is 12.0. The molecule has 0 saturated carbocycles. The lowest BCUT2D eigenvalue weighted by Gasteiger charge is -2.33. The van der Waals surface area contributed by atoms with E-state index in [9.17, 15) is 9.59 Å². The number of carbonyl (C=O) groups excluding carboxylic acids is 2. The number of amides is 3. The highest BCUT2D eigenvalue weighted by molar-refractivity contribution is 7.10. The summed E-state index contributed by atoms with van der Waals surface area (Å²) in [6.45, 7) is 2.63. The van der Waals surface area contributed by atoms with Crippen LogP contribution in [-0.2, 0) is 11.2 Å². The van der Waals surface area contributed by atoms with Gasteiger partial charge in [-0.1, -0.05) is 0 Å². The SMILES string of the molecule is CC1c2ccsc2CCN1C(=O)NC(=O)CCCl.